The third kappa shape index (κ3) is 7.95. The lowest BCUT2D eigenvalue weighted by molar-refractivity contribution is -0.131. The summed E-state index contributed by atoms with van der Waals surface area (Å²) in [6.45, 7) is 5.38. The predicted octanol–water partition coefficient (Wildman–Crippen LogP) is 2.86. The van der Waals surface area contributed by atoms with Crippen LogP contribution in [0.25, 0.3) is 0 Å². The minimum Gasteiger partial charge on any atom is -0.462 e. The molecule has 2 aromatic carbocycles. The van der Waals surface area contributed by atoms with Crippen molar-refractivity contribution in [3.05, 3.63) is 59.2 Å². The third-order valence-electron chi connectivity index (χ3n) is 4.54. The van der Waals surface area contributed by atoms with Crippen molar-refractivity contribution in [3.63, 3.8) is 0 Å². The third-order valence-corrected chi connectivity index (χ3v) is 4.54. The van der Waals surface area contributed by atoms with Crippen molar-refractivity contribution in [2.75, 3.05) is 44.0 Å². The molecule has 0 radical (unpaired) electrons. The van der Waals surface area contributed by atoms with Crippen LogP contribution in [0.5, 0.6) is 0 Å². The van der Waals surface area contributed by atoms with Crippen LogP contribution >= 0.6 is 0 Å². The van der Waals surface area contributed by atoms with Crippen LogP contribution in [0.4, 0.5) is 11.4 Å². The zero-order chi connectivity index (χ0) is 24.4. The van der Waals surface area contributed by atoms with Crippen molar-refractivity contribution >= 4 is 35.1 Å². The standard InChI is InChI=1S/C24H29N3O6/c1-5-32-23(30)17-11-18(24(31)33-6-2)13-20(12-17)25-14-22(29)27(4)15-21(28)26-19-9-7-16(3)8-10-19/h7-13,25H,5-6,14-15H2,1-4H3,(H,26,28). The van der Waals surface area contributed by atoms with Crippen LogP contribution in [0, 0.1) is 6.92 Å². The number of esters is 2. The van der Waals surface area contributed by atoms with Crippen LogP contribution in [-0.2, 0) is 19.1 Å². The summed E-state index contributed by atoms with van der Waals surface area (Å²) in [5, 5.41) is 5.63. The average molecular weight is 456 g/mol. The smallest absolute Gasteiger partial charge is 0.338 e. The number of likely N-dealkylation sites (N-methyl/N-ethyl adjacent to an activating group) is 1. The maximum absolute atomic E-state index is 12.5. The minimum atomic E-state index is -0.595. The number of hydrogen-bond donors (Lipinski definition) is 2. The molecule has 0 aliphatic heterocycles. The Hall–Kier alpha value is -3.88. The van der Waals surface area contributed by atoms with E-state index >= 15 is 0 Å². The van der Waals surface area contributed by atoms with E-state index in [2.05, 4.69) is 10.6 Å². The van der Waals surface area contributed by atoms with Gasteiger partial charge in [-0.3, -0.25) is 9.59 Å². The van der Waals surface area contributed by atoms with Gasteiger partial charge in [0.05, 0.1) is 37.4 Å². The van der Waals surface area contributed by atoms with Gasteiger partial charge < -0.3 is 25.0 Å². The fraction of sp³-hybridized carbons (Fsp3) is 0.333. The van der Waals surface area contributed by atoms with E-state index in [1.807, 2.05) is 19.1 Å². The van der Waals surface area contributed by atoms with Gasteiger partial charge in [-0.05, 0) is 51.1 Å². The summed E-state index contributed by atoms with van der Waals surface area (Å²) in [6, 6.07) is 11.7. The summed E-state index contributed by atoms with van der Waals surface area (Å²) < 4.78 is 10.0. The molecule has 2 rings (SSSR count). The summed E-state index contributed by atoms with van der Waals surface area (Å²) in [5.41, 5.74) is 2.40. The maximum Gasteiger partial charge on any atom is 0.338 e. The highest BCUT2D eigenvalue weighted by atomic mass is 16.5. The number of nitrogens with one attached hydrogen (secondary N) is 2. The zero-order valence-corrected chi connectivity index (χ0v) is 19.3. The van der Waals surface area contributed by atoms with Crippen LogP contribution in [0.3, 0.4) is 0 Å². The molecule has 0 aliphatic carbocycles. The van der Waals surface area contributed by atoms with Crippen LogP contribution in [0.2, 0.25) is 0 Å². The van der Waals surface area contributed by atoms with Crippen LogP contribution in [-0.4, -0.2) is 62.0 Å². The molecular formula is C24H29N3O6. The SMILES string of the molecule is CCOC(=O)c1cc(NCC(=O)N(C)CC(=O)Nc2ccc(C)cc2)cc(C(=O)OCC)c1. The summed E-state index contributed by atoms with van der Waals surface area (Å²) in [4.78, 5) is 50.3. The number of amides is 2. The molecule has 0 spiro atoms. The van der Waals surface area contributed by atoms with Crippen LogP contribution in [0.1, 0.15) is 40.1 Å². The Morgan fingerprint density at radius 3 is 1.91 bits per heavy atom. The summed E-state index contributed by atoms with van der Waals surface area (Å²) >= 11 is 0. The van der Waals surface area contributed by atoms with Crippen LogP contribution < -0.4 is 10.6 Å². The van der Waals surface area contributed by atoms with E-state index in [-0.39, 0.29) is 49.2 Å². The van der Waals surface area contributed by atoms with E-state index in [9.17, 15) is 19.2 Å². The first-order valence-electron chi connectivity index (χ1n) is 10.6. The number of rotatable bonds is 10. The van der Waals surface area contributed by atoms with Crippen molar-refractivity contribution in [1.29, 1.82) is 0 Å². The molecule has 2 amide bonds. The van der Waals surface area contributed by atoms with E-state index in [1.165, 1.54) is 30.1 Å². The van der Waals surface area contributed by atoms with Crippen molar-refractivity contribution in [1.82, 2.24) is 4.90 Å². The Morgan fingerprint density at radius 2 is 1.39 bits per heavy atom. The van der Waals surface area contributed by atoms with Gasteiger partial charge in [0.15, 0.2) is 0 Å². The van der Waals surface area contributed by atoms with Gasteiger partial charge in [0.25, 0.3) is 0 Å². The fourth-order valence-corrected chi connectivity index (χ4v) is 2.85. The highest BCUT2D eigenvalue weighted by Gasteiger charge is 2.17. The average Bonchev–Trinajstić information content (AvgIpc) is 2.79. The Kier molecular flexibility index (Phi) is 9.41. The molecule has 9 heteroatoms. The first-order valence-corrected chi connectivity index (χ1v) is 10.6. The molecule has 2 N–H and O–H groups in total. The van der Waals surface area contributed by atoms with E-state index < -0.39 is 11.9 Å². The van der Waals surface area contributed by atoms with Crippen molar-refractivity contribution in [3.8, 4) is 0 Å². The number of aryl methyl sites for hydroxylation is 1. The molecular weight excluding hydrogens is 426 g/mol. The van der Waals surface area contributed by atoms with Crippen molar-refractivity contribution < 1.29 is 28.7 Å². The lowest BCUT2D eigenvalue weighted by atomic mass is 10.1. The zero-order valence-electron chi connectivity index (χ0n) is 19.3. The van der Waals surface area contributed by atoms with E-state index in [4.69, 9.17) is 9.47 Å². The molecule has 33 heavy (non-hydrogen) atoms. The summed E-state index contributed by atoms with van der Waals surface area (Å²) in [6.07, 6.45) is 0. The molecule has 0 aromatic heterocycles. The molecule has 0 atom stereocenters. The van der Waals surface area contributed by atoms with Crippen molar-refractivity contribution in [2.45, 2.75) is 20.8 Å². The Balaban J connectivity index is 2.01. The lowest BCUT2D eigenvalue weighted by Crippen LogP contribution is -2.38. The van der Waals surface area contributed by atoms with Gasteiger partial charge in [-0.15, -0.1) is 0 Å². The quantitative estimate of drug-likeness (QED) is 0.530. The topological polar surface area (TPSA) is 114 Å². The molecule has 0 saturated heterocycles. The van der Waals surface area contributed by atoms with Gasteiger partial charge in [-0.2, -0.15) is 0 Å². The fourth-order valence-electron chi connectivity index (χ4n) is 2.85. The summed E-state index contributed by atoms with van der Waals surface area (Å²) in [5.74, 6) is -1.87. The van der Waals surface area contributed by atoms with E-state index in [1.54, 1.807) is 26.0 Å². The number of nitrogens with zero attached hydrogens (tertiary/aromatic N) is 1. The molecule has 0 bridgehead atoms. The molecule has 0 unspecified atom stereocenters. The van der Waals surface area contributed by atoms with Gasteiger partial charge in [0.2, 0.25) is 11.8 Å². The minimum absolute atomic E-state index is 0.134. The molecule has 0 fully saturated rings. The predicted molar refractivity (Wildman–Crippen MR) is 124 cm³/mol. The molecule has 176 valence electrons. The van der Waals surface area contributed by atoms with Crippen molar-refractivity contribution in [2.24, 2.45) is 0 Å². The first kappa shape index (κ1) is 25.4. The highest BCUT2D eigenvalue weighted by molar-refractivity contribution is 5.98. The number of ether oxygens (including phenoxy) is 2. The largest absolute Gasteiger partial charge is 0.462 e. The number of anilines is 2. The van der Waals surface area contributed by atoms with Gasteiger partial charge in [0.1, 0.15) is 0 Å². The number of hydrogen-bond acceptors (Lipinski definition) is 7. The monoisotopic (exact) mass is 455 g/mol. The van der Waals surface area contributed by atoms with Crippen LogP contribution in [0.15, 0.2) is 42.5 Å². The second-order valence-corrected chi connectivity index (χ2v) is 7.26. The van der Waals surface area contributed by atoms with E-state index in [0.29, 0.717) is 11.4 Å². The maximum atomic E-state index is 12.5. The molecule has 9 nitrogen and oxygen atoms in total. The van der Waals surface area contributed by atoms with Gasteiger partial charge in [0, 0.05) is 18.4 Å². The van der Waals surface area contributed by atoms with Gasteiger partial charge in [-0.25, -0.2) is 9.59 Å². The lowest BCUT2D eigenvalue weighted by Gasteiger charge is -2.18. The number of carbonyl (C=O) groups excluding carboxylic acids is 4. The molecule has 0 heterocycles. The molecule has 0 aliphatic rings. The Morgan fingerprint density at radius 1 is 0.848 bits per heavy atom. The van der Waals surface area contributed by atoms with Gasteiger partial charge in [-0.1, -0.05) is 17.7 Å². The molecule has 0 saturated carbocycles. The highest BCUT2D eigenvalue weighted by Crippen LogP contribution is 2.17. The normalized spacial score (nSPS) is 10.2. The first-order chi connectivity index (χ1) is 15.7. The Bertz CT molecular complexity index is 968. The summed E-state index contributed by atoms with van der Waals surface area (Å²) in [7, 11) is 1.51. The number of carbonyl (C=O) groups is 4. The van der Waals surface area contributed by atoms with Gasteiger partial charge >= 0.3 is 11.9 Å². The molecule has 2 aromatic rings. The second kappa shape index (κ2) is 12.2. The number of benzene rings is 2. The van der Waals surface area contributed by atoms with E-state index in [0.717, 1.165) is 5.56 Å². The Labute approximate surface area is 193 Å². The second-order valence-electron chi connectivity index (χ2n) is 7.26.